The van der Waals surface area contributed by atoms with Crippen LogP contribution in [-0.4, -0.2) is 13.8 Å². The predicted octanol–water partition coefficient (Wildman–Crippen LogP) is 2.74. The van der Waals surface area contributed by atoms with Gasteiger partial charge in [0.25, 0.3) is 0 Å². The van der Waals surface area contributed by atoms with E-state index >= 15 is 0 Å². The fraction of sp³-hybridized carbons (Fsp3) is 0.333. The molecule has 0 bridgehead atoms. The molecule has 14 heavy (non-hydrogen) atoms. The van der Waals surface area contributed by atoms with E-state index in [0.717, 1.165) is 0 Å². The van der Waals surface area contributed by atoms with Crippen molar-refractivity contribution in [1.82, 2.24) is 0 Å². The molecule has 80 valence electrons. The third-order valence-electron chi connectivity index (χ3n) is 1.76. The van der Waals surface area contributed by atoms with E-state index in [9.17, 15) is 4.39 Å². The summed E-state index contributed by atoms with van der Waals surface area (Å²) >= 11 is 5.74. The summed E-state index contributed by atoms with van der Waals surface area (Å²) in [6.45, 7) is -0.628. The molecule has 1 atom stereocenters. The first-order chi connectivity index (χ1) is 6.19. The summed E-state index contributed by atoms with van der Waals surface area (Å²) in [6, 6.07) is 4.29. The zero-order valence-electron chi connectivity index (χ0n) is 7.67. The van der Waals surface area contributed by atoms with Gasteiger partial charge in [0.1, 0.15) is 12.4 Å². The van der Waals surface area contributed by atoms with Crippen LogP contribution in [-0.2, 0) is 0 Å². The van der Waals surface area contributed by atoms with E-state index in [1.54, 1.807) is 18.2 Å². The van der Waals surface area contributed by atoms with E-state index < -0.39 is 12.7 Å². The van der Waals surface area contributed by atoms with Gasteiger partial charge in [0, 0.05) is 10.6 Å². The van der Waals surface area contributed by atoms with Crippen LogP contribution in [0.4, 0.5) is 4.39 Å². The number of ether oxygens (including phenoxy) is 1. The molecule has 0 aromatic heterocycles. The van der Waals surface area contributed by atoms with Crippen molar-refractivity contribution in [2.24, 2.45) is 5.73 Å². The number of nitrogens with two attached hydrogens (primary N) is 1. The minimum Gasteiger partial charge on any atom is -0.496 e. The van der Waals surface area contributed by atoms with Gasteiger partial charge in [-0.25, -0.2) is 4.39 Å². The lowest BCUT2D eigenvalue weighted by Gasteiger charge is -2.12. The van der Waals surface area contributed by atoms with Crippen LogP contribution in [0, 0.1) is 0 Å². The lowest BCUT2D eigenvalue weighted by Crippen LogP contribution is -2.13. The lowest BCUT2D eigenvalue weighted by molar-refractivity contribution is 0.389. The second-order valence-electron chi connectivity index (χ2n) is 2.65. The minimum absolute atomic E-state index is 0. The van der Waals surface area contributed by atoms with Gasteiger partial charge in [-0.15, -0.1) is 12.4 Å². The molecule has 0 radical (unpaired) electrons. The Morgan fingerprint density at radius 1 is 1.57 bits per heavy atom. The summed E-state index contributed by atoms with van der Waals surface area (Å²) in [6.07, 6.45) is 0. The summed E-state index contributed by atoms with van der Waals surface area (Å²) < 4.78 is 17.3. The highest BCUT2D eigenvalue weighted by Crippen LogP contribution is 2.27. The van der Waals surface area contributed by atoms with Crippen LogP contribution in [0.25, 0.3) is 0 Å². The van der Waals surface area contributed by atoms with Crippen molar-refractivity contribution in [3.8, 4) is 5.75 Å². The Labute approximate surface area is 93.6 Å². The molecule has 0 amide bonds. The summed E-state index contributed by atoms with van der Waals surface area (Å²) in [4.78, 5) is 0. The summed E-state index contributed by atoms with van der Waals surface area (Å²) in [5, 5.41) is 0.528. The quantitative estimate of drug-likeness (QED) is 0.881. The van der Waals surface area contributed by atoms with E-state index in [2.05, 4.69) is 0 Å². The van der Waals surface area contributed by atoms with Crippen LogP contribution < -0.4 is 10.5 Å². The first-order valence-electron chi connectivity index (χ1n) is 3.84. The number of benzene rings is 1. The van der Waals surface area contributed by atoms with E-state index in [1.165, 1.54) is 7.11 Å². The first kappa shape index (κ1) is 13.5. The predicted molar refractivity (Wildman–Crippen MR) is 58.2 cm³/mol. The Morgan fingerprint density at radius 2 is 2.21 bits per heavy atom. The van der Waals surface area contributed by atoms with Gasteiger partial charge in [0.05, 0.1) is 13.2 Å². The Kier molecular flexibility index (Phi) is 5.84. The molecule has 0 saturated carbocycles. The van der Waals surface area contributed by atoms with Crippen molar-refractivity contribution < 1.29 is 9.13 Å². The van der Waals surface area contributed by atoms with E-state index in [1.807, 2.05) is 0 Å². The van der Waals surface area contributed by atoms with Crippen LogP contribution >= 0.6 is 24.0 Å². The van der Waals surface area contributed by atoms with Gasteiger partial charge in [0.15, 0.2) is 0 Å². The van der Waals surface area contributed by atoms with Crippen LogP contribution in [0.5, 0.6) is 5.75 Å². The number of hydrogen-bond acceptors (Lipinski definition) is 2. The maximum atomic E-state index is 12.3. The van der Waals surface area contributed by atoms with Crippen LogP contribution in [0.2, 0.25) is 5.02 Å². The monoisotopic (exact) mass is 239 g/mol. The second kappa shape index (κ2) is 6.06. The van der Waals surface area contributed by atoms with E-state index in [4.69, 9.17) is 22.1 Å². The van der Waals surface area contributed by atoms with Crippen molar-refractivity contribution >= 4 is 24.0 Å². The highest BCUT2D eigenvalue weighted by Gasteiger charge is 2.11. The summed E-state index contributed by atoms with van der Waals surface area (Å²) in [7, 11) is 1.51. The average Bonchev–Trinajstić information content (AvgIpc) is 2.16. The number of halogens is 3. The molecule has 0 aliphatic rings. The number of hydrogen-bond donors (Lipinski definition) is 1. The maximum Gasteiger partial charge on any atom is 0.123 e. The molecule has 1 aromatic rings. The van der Waals surface area contributed by atoms with E-state index in [-0.39, 0.29) is 12.4 Å². The van der Waals surface area contributed by atoms with Crippen LogP contribution in [0.15, 0.2) is 18.2 Å². The van der Waals surface area contributed by atoms with Crippen molar-refractivity contribution in [3.05, 3.63) is 28.8 Å². The van der Waals surface area contributed by atoms with Gasteiger partial charge in [-0.05, 0) is 18.2 Å². The van der Waals surface area contributed by atoms with Gasteiger partial charge < -0.3 is 10.5 Å². The standard InChI is InChI=1S/C9H11ClFNO.ClH/c1-13-9-3-2-6(10)4-7(9)8(12)5-11;/h2-4,8H,5,12H2,1H3;1H/t8-;/m1./s1. The molecule has 0 unspecified atom stereocenters. The van der Waals surface area contributed by atoms with Gasteiger partial charge in [-0.1, -0.05) is 11.6 Å². The Balaban J connectivity index is 0.00000169. The van der Waals surface area contributed by atoms with Crippen molar-refractivity contribution in [2.45, 2.75) is 6.04 Å². The minimum atomic E-state index is -0.673. The Hall–Kier alpha value is -0.510. The highest BCUT2D eigenvalue weighted by molar-refractivity contribution is 6.30. The molecule has 1 rings (SSSR count). The molecule has 2 N–H and O–H groups in total. The SMILES string of the molecule is COc1ccc(Cl)cc1[C@H](N)CF.Cl. The second-order valence-corrected chi connectivity index (χ2v) is 3.08. The van der Waals surface area contributed by atoms with Crippen LogP contribution in [0.1, 0.15) is 11.6 Å². The van der Waals surface area contributed by atoms with Gasteiger partial charge in [-0.3, -0.25) is 0 Å². The molecule has 0 spiro atoms. The molecule has 5 heteroatoms. The zero-order chi connectivity index (χ0) is 9.84. The molecular formula is C9H12Cl2FNO. The molecule has 1 aromatic carbocycles. The zero-order valence-corrected chi connectivity index (χ0v) is 9.24. The van der Waals surface area contributed by atoms with Crippen LogP contribution in [0.3, 0.4) is 0 Å². The number of methoxy groups -OCH3 is 1. The molecule has 0 heterocycles. The average molecular weight is 240 g/mol. The number of alkyl halides is 1. The fourth-order valence-corrected chi connectivity index (χ4v) is 1.26. The molecule has 2 nitrogen and oxygen atoms in total. The van der Waals surface area contributed by atoms with Gasteiger partial charge >= 0.3 is 0 Å². The van der Waals surface area contributed by atoms with Crippen molar-refractivity contribution in [3.63, 3.8) is 0 Å². The van der Waals surface area contributed by atoms with E-state index in [0.29, 0.717) is 16.3 Å². The number of rotatable bonds is 3. The molecular weight excluding hydrogens is 228 g/mol. The third-order valence-corrected chi connectivity index (χ3v) is 1.99. The topological polar surface area (TPSA) is 35.2 Å². The summed E-state index contributed by atoms with van der Waals surface area (Å²) in [5.41, 5.74) is 6.12. The molecule has 0 fully saturated rings. The highest BCUT2D eigenvalue weighted by atomic mass is 35.5. The van der Waals surface area contributed by atoms with Gasteiger partial charge in [0.2, 0.25) is 0 Å². The molecule has 0 aliphatic heterocycles. The summed E-state index contributed by atoms with van der Waals surface area (Å²) in [5.74, 6) is 0.564. The first-order valence-corrected chi connectivity index (χ1v) is 4.21. The van der Waals surface area contributed by atoms with Crippen molar-refractivity contribution in [1.29, 1.82) is 0 Å². The largest absolute Gasteiger partial charge is 0.496 e. The Morgan fingerprint density at radius 3 is 2.71 bits per heavy atom. The normalized spacial score (nSPS) is 11.7. The Bertz CT molecular complexity index is 296. The maximum absolute atomic E-state index is 12.3. The lowest BCUT2D eigenvalue weighted by atomic mass is 10.1. The smallest absolute Gasteiger partial charge is 0.123 e. The van der Waals surface area contributed by atoms with Gasteiger partial charge in [-0.2, -0.15) is 0 Å². The molecule has 0 aliphatic carbocycles. The molecule has 0 saturated heterocycles. The third kappa shape index (κ3) is 3.01. The fourth-order valence-electron chi connectivity index (χ4n) is 1.08. The van der Waals surface area contributed by atoms with Crippen molar-refractivity contribution in [2.75, 3.05) is 13.8 Å².